The summed E-state index contributed by atoms with van der Waals surface area (Å²) >= 11 is 1.20. The lowest BCUT2D eigenvalue weighted by Crippen LogP contribution is -2.45. The molecule has 7 nitrogen and oxygen atoms in total. The van der Waals surface area contributed by atoms with Gasteiger partial charge in [-0.15, -0.1) is 11.8 Å². The van der Waals surface area contributed by atoms with Crippen molar-refractivity contribution in [2.24, 2.45) is 0 Å². The maximum Gasteiger partial charge on any atom is 0.247 e. The first-order valence-electron chi connectivity index (χ1n) is 10.2. The minimum absolute atomic E-state index is 0.146. The molecule has 29 heavy (non-hydrogen) atoms. The third-order valence-electron chi connectivity index (χ3n) is 5.37. The van der Waals surface area contributed by atoms with Gasteiger partial charge in [-0.2, -0.15) is 0 Å². The Morgan fingerprint density at radius 3 is 2.59 bits per heavy atom. The molecule has 0 saturated carbocycles. The summed E-state index contributed by atoms with van der Waals surface area (Å²) in [6.45, 7) is 3.84. The number of hydrogen-bond donors (Lipinski definition) is 1. The molecule has 1 saturated heterocycles. The molecule has 2 aliphatic rings. The Hall–Kier alpha value is -1.58. The van der Waals surface area contributed by atoms with Crippen molar-refractivity contribution in [1.82, 2.24) is 9.21 Å². The van der Waals surface area contributed by atoms with Crippen molar-refractivity contribution in [3.63, 3.8) is 0 Å². The zero-order chi connectivity index (χ0) is 21.0. The van der Waals surface area contributed by atoms with E-state index in [4.69, 9.17) is 0 Å². The van der Waals surface area contributed by atoms with Crippen LogP contribution >= 0.6 is 11.8 Å². The molecule has 160 valence electrons. The van der Waals surface area contributed by atoms with Crippen LogP contribution in [0.2, 0.25) is 0 Å². The van der Waals surface area contributed by atoms with E-state index in [1.165, 1.54) is 22.1 Å². The fourth-order valence-corrected chi connectivity index (χ4v) is 5.84. The number of thioether (sulfide) groups is 1. The summed E-state index contributed by atoms with van der Waals surface area (Å²) < 4.78 is 26.9. The lowest BCUT2D eigenvalue weighted by atomic mass is 10.2. The third-order valence-corrected chi connectivity index (χ3v) is 8.48. The lowest BCUT2D eigenvalue weighted by Gasteiger charge is -2.29. The van der Waals surface area contributed by atoms with Crippen LogP contribution in [0.5, 0.6) is 0 Å². The zero-order valence-electron chi connectivity index (χ0n) is 17.0. The Bertz CT molecular complexity index is 864. The van der Waals surface area contributed by atoms with Crippen LogP contribution < -0.4 is 5.32 Å². The summed E-state index contributed by atoms with van der Waals surface area (Å²) in [5.74, 6) is -0.540. The van der Waals surface area contributed by atoms with E-state index in [0.29, 0.717) is 30.2 Å². The van der Waals surface area contributed by atoms with Gasteiger partial charge < -0.3 is 10.2 Å². The number of fused-ring (bicyclic) bond motifs is 1. The molecular weight excluding hydrogens is 410 g/mol. The van der Waals surface area contributed by atoms with Crippen molar-refractivity contribution >= 4 is 39.3 Å². The molecule has 1 N–H and O–H groups in total. The number of carbonyl (C=O) groups excluding carboxylic acids is 2. The van der Waals surface area contributed by atoms with E-state index in [1.807, 2.05) is 6.92 Å². The Morgan fingerprint density at radius 1 is 1.24 bits per heavy atom. The summed E-state index contributed by atoms with van der Waals surface area (Å²) in [4.78, 5) is 28.2. The second kappa shape index (κ2) is 9.49. The number of rotatable bonds is 6. The number of carbonyl (C=O) groups is 2. The summed E-state index contributed by atoms with van der Waals surface area (Å²) in [6.07, 6.45) is 5.85. The third kappa shape index (κ3) is 4.95. The smallest absolute Gasteiger partial charge is 0.247 e. The number of hydrogen-bond acceptors (Lipinski definition) is 5. The molecule has 2 heterocycles. The Balaban J connectivity index is 1.77. The summed E-state index contributed by atoms with van der Waals surface area (Å²) in [6, 6.07) is 4.72. The monoisotopic (exact) mass is 439 g/mol. The summed E-state index contributed by atoms with van der Waals surface area (Å²) in [5, 5.41) is 1.93. The number of nitrogens with zero attached hydrogens (tertiary/aromatic N) is 2. The number of nitrogens with one attached hydrogen (secondary N) is 1. The molecule has 1 fully saturated rings. The first kappa shape index (κ1) is 22.1. The van der Waals surface area contributed by atoms with Crippen molar-refractivity contribution in [2.45, 2.75) is 60.5 Å². The Morgan fingerprint density at radius 2 is 1.93 bits per heavy atom. The number of unbranched alkanes of at least 4 members (excludes halogenated alkanes) is 1. The van der Waals surface area contributed by atoms with Crippen molar-refractivity contribution in [1.29, 1.82) is 0 Å². The highest BCUT2D eigenvalue weighted by Gasteiger charge is 2.36. The van der Waals surface area contributed by atoms with Crippen LogP contribution in [-0.2, 0) is 19.6 Å². The first-order valence-corrected chi connectivity index (χ1v) is 12.5. The number of likely N-dealkylation sites (tertiary alicyclic amines) is 1. The summed E-state index contributed by atoms with van der Waals surface area (Å²) in [7, 11) is -2.05. The van der Waals surface area contributed by atoms with Gasteiger partial charge in [-0.05, 0) is 37.5 Å². The van der Waals surface area contributed by atoms with Crippen molar-refractivity contribution in [3.05, 3.63) is 18.2 Å². The van der Waals surface area contributed by atoms with Gasteiger partial charge in [-0.1, -0.05) is 26.2 Å². The molecule has 0 bridgehead atoms. The fourth-order valence-electron chi connectivity index (χ4n) is 3.55. The standard InChI is InChI=1S/C20H29N3O4S2/c1-3-4-11-22(2)29(26,27)15-9-10-17-16(14-15)21-19(24)18(28-17)20(25)23-12-7-5-6-8-13-23/h9-10,14,18H,3-8,11-13H2,1-2H3,(H,21,24)/t18-/m0/s1. The van der Waals surface area contributed by atoms with Crippen LogP contribution in [0.4, 0.5) is 5.69 Å². The van der Waals surface area contributed by atoms with Gasteiger partial charge in [0.1, 0.15) is 0 Å². The molecule has 0 unspecified atom stereocenters. The molecule has 0 radical (unpaired) electrons. The van der Waals surface area contributed by atoms with Crippen LogP contribution in [0.3, 0.4) is 0 Å². The molecule has 0 aliphatic carbocycles. The fraction of sp³-hybridized carbons (Fsp3) is 0.600. The highest BCUT2D eigenvalue weighted by atomic mass is 32.2. The predicted octanol–water partition coefficient (Wildman–Crippen LogP) is 2.92. The maximum absolute atomic E-state index is 12.9. The molecule has 9 heteroatoms. The normalized spacial score (nSPS) is 20.2. The molecule has 1 aromatic rings. The van der Waals surface area contributed by atoms with Crippen LogP contribution in [0.25, 0.3) is 0 Å². The van der Waals surface area contributed by atoms with Gasteiger partial charge in [0, 0.05) is 31.6 Å². The summed E-state index contributed by atoms with van der Waals surface area (Å²) in [5.41, 5.74) is 0.449. The average Bonchev–Trinajstić information content (AvgIpc) is 3.00. The van der Waals surface area contributed by atoms with E-state index in [1.54, 1.807) is 24.1 Å². The van der Waals surface area contributed by atoms with E-state index in [0.717, 1.165) is 38.5 Å². The Labute approximate surface area is 177 Å². The van der Waals surface area contributed by atoms with Gasteiger partial charge >= 0.3 is 0 Å². The van der Waals surface area contributed by atoms with E-state index < -0.39 is 15.3 Å². The zero-order valence-corrected chi connectivity index (χ0v) is 18.7. The molecule has 0 aromatic heterocycles. The largest absolute Gasteiger partial charge is 0.341 e. The number of anilines is 1. The highest BCUT2D eigenvalue weighted by molar-refractivity contribution is 8.01. The lowest BCUT2D eigenvalue weighted by molar-refractivity contribution is -0.133. The predicted molar refractivity (Wildman–Crippen MR) is 114 cm³/mol. The van der Waals surface area contributed by atoms with E-state index in [-0.39, 0.29) is 16.7 Å². The minimum Gasteiger partial charge on any atom is -0.341 e. The SMILES string of the molecule is CCCCN(C)S(=O)(=O)c1ccc2c(c1)NC(=O)[C@@H](C(=O)N1CCCCCC1)S2. The molecule has 1 aromatic carbocycles. The van der Waals surface area contributed by atoms with Crippen molar-refractivity contribution < 1.29 is 18.0 Å². The average molecular weight is 440 g/mol. The van der Waals surface area contributed by atoms with Crippen molar-refractivity contribution in [2.75, 3.05) is 32.0 Å². The van der Waals surface area contributed by atoms with E-state index in [2.05, 4.69) is 5.32 Å². The van der Waals surface area contributed by atoms with E-state index in [9.17, 15) is 18.0 Å². The molecule has 1 atom stereocenters. The van der Waals surface area contributed by atoms with E-state index >= 15 is 0 Å². The second-order valence-corrected chi connectivity index (χ2v) is 10.8. The minimum atomic E-state index is -3.62. The first-order chi connectivity index (χ1) is 13.8. The van der Waals surface area contributed by atoms with Crippen molar-refractivity contribution in [3.8, 4) is 0 Å². The topological polar surface area (TPSA) is 86.8 Å². The second-order valence-electron chi connectivity index (χ2n) is 7.56. The van der Waals surface area contributed by atoms with Gasteiger partial charge in [0.25, 0.3) is 0 Å². The van der Waals surface area contributed by atoms with Crippen LogP contribution in [0, 0.1) is 0 Å². The van der Waals surface area contributed by atoms with Gasteiger partial charge in [0.15, 0.2) is 5.25 Å². The van der Waals surface area contributed by atoms with Gasteiger partial charge in [0.05, 0.1) is 10.6 Å². The quantitative estimate of drug-likeness (QED) is 0.689. The number of benzene rings is 1. The van der Waals surface area contributed by atoms with Gasteiger partial charge in [-0.25, -0.2) is 12.7 Å². The molecule has 2 amide bonds. The molecule has 3 rings (SSSR count). The van der Waals surface area contributed by atoms with Gasteiger partial charge in [-0.3, -0.25) is 9.59 Å². The molecule has 0 spiro atoms. The van der Waals surface area contributed by atoms with Crippen LogP contribution in [-0.4, -0.2) is 61.4 Å². The van der Waals surface area contributed by atoms with Crippen LogP contribution in [0.1, 0.15) is 45.4 Å². The van der Waals surface area contributed by atoms with Crippen LogP contribution in [0.15, 0.2) is 28.0 Å². The Kier molecular flexibility index (Phi) is 7.23. The number of sulfonamides is 1. The van der Waals surface area contributed by atoms with Gasteiger partial charge in [0.2, 0.25) is 21.8 Å². The number of amides is 2. The molecular formula is C20H29N3O4S2. The molecule has 2 aliphatic heterocycles. The highest BCUT2D eigenvalue weighted by Crippen LogP contribution is 2.38. The maximum atomic E-state index is 12.9.